The molecule has 0 spiro atoms. The summed E-state index contributed by atoms with van der Waals surface area (Å²) in [5, 5.41) is 2.52. The number of hydrogen-bond acceptors (Lipinski definition) is 4. The van der Waals surface area contributed by atoms with Gasteiger partial charge in [0.15, 0.2) is 0 Å². The van der Waals surface area contributed by atoms with E-state index in [0.717, 1.165) is 21.3 Å². The van der Waals surface area contributed by atoms with E-state index >= 15 is 0 Å². The normalized spacial score (nSPS) is 10.2. The smallest absolute Gasteiger partial charge is 0.325 e. The summed E-state index contributed by atoms with van der Waals surface area (Å²) in [7, 11) is 0. The Labute approximate surface area is 155 Å². The highest BCUT2D eigenvalue weighted by atomic mass is 79.9. The molecule has 0 aromatic heterocycles. The predicted molar refractivity (Wildman–Crippen MR) is 98.8 cm³/mol. The van der Waals surface area contributed by atoms with Gasteiger partial charge in [0.2, 0.25) is 0 Å². The minimum absolute atomic E-state index is 0.125. The van der Waals surface area contributed by atoms with Gasteiger partial charge in [-0.05, 0) is 61.4 Å². The van der Waals surface area contributed by atoms with E-state index < -0.39 is 5.97 Å². The zero-order valence-electron chi connectivity index (χ0n) is 14.2. The molecule has 2 aromatic rings. The lowest BCUT2D eigenvalue weighted by Crippen LogP contribution is -2.31. The Bertz CT molecular complexity index is 723. The summed E-state index contributed by atoms with van der Waals surface area (Å²) in [6.45, 7) is 4.19. The first-order valence-electron chi connectivity index (χ1n) is 7.84. The molecule has 0 aliphatic carbocycles. The number of carbonyl (C=O) groups excluding carboxylic acids is 2. The Balaban J connectivity index is 1.67. The lowest BCUT2D eigenvalue weighted by atomic mass is 10.1. The Kier molecular flexibility index (Phi) is 7.01. The standard InChI is InChI=1S/C19H20BrNO4/c1-13-9-14(2)11-17(10-13)24-7-8-25-18(22)12-21-19(23)15-3-5-16(20)6-4-15/h3-6,9-11H,7-8,12H2,1-2H3,(H,21,23). The van der Waals surface area contributed by atoms with Gasteiger partial charge in [0.25, 0.3) is 5.91 Å². The average Bonchev–Trinajstić information content (AvgIpc) is 2.56. The molecule has 6 heteroatoms. The van der Waals surface area contributed by atoms with Crippen LogP contribution in [0.4, 0.5) is 0 Å². The molecule has 0 aliphatic rings. The number of esters is 1. The van der Waals surface area contributed by atoms with Crippen LogP contribution in [0.1, 0.15) is 21.5 Å². The summed E-state index contributed by atoms with van der Waals surface area (Å²) < 4.78 is 11.5. The van der Waals surface area contributed by atoms with Crippen LogP contribution in [0.5, 0.6) is 5.75 Å². The quantitative estimate of drug-likeness (QED) is 0.566. The predicted octanol–water partition coefficient (Wildman–Crippen LogP) is 3.42. The van der Waals surface area contributed by atoms with Gasteiger partial charge >= 0.3 is 5.97 Å². The summed E-state index contributed by atoms with van der Waals surface area (Å²) in [5.41, 5.74) is 2.71. The van der Waals surface area contributed by atoms with Crippen LogP contribution >= 0.6 is 15.9 Å². The van der Waals surface area contributed by atoms with Crippen LogP contribution in [0.2, 0.25) is 0 Å². The van der Waals surface area contributed by atoms with Crippen LogP contribution in [-0.4, -0.2) is 31.6 Å². The zero-order chi connectivity index (χ0) is 18.2. The highest BCUT2D eigenvalue weighted by molar-refractivity contribution is 9.10. The molecule has 132 valence electrons. The van der Waals surface area contributed by atoms with E-state index in [-0.39, 0.29) is 25.7 Å². The lowest BCUT2D eigenvalue weighted by molar-refractivity contribution is -0.143. The van der Waals surface area contributed by atoms with Crippen LogP contribution in [0, 0.1) is 13.8 Å². The van der Waals surface area contributed by atoms with Crippen molar-refractivity contribution in [1.29, 1.82) is 0 Å². The largest absolute Gasteiger partial charge is 0.490 e. The van der Waals surface area contributed by atoms with E-state index in [2.05, 4.69) is 27.3 Å². The second kappa shape index (κ2) is 9.22. The lowest BCUT2D eigenvalue weighted by Gasteiger charge is -2.09. The third kappa shape index (κ3) is 6.58. The van der Waals surface area contributed by atoms with Crippen LogP contribution in [0.15, 0.2) is 46.9 Å². The third-order valence-corrected chi connectivity index (χ3v) is 3.84. The maximum atomic E-state index is 11.9. The summed E-state index contributed by atoms with van der Waals surface area (Å²) in [6.07, 6.45) is 0. The molecule has 0 fully saturated rings. The van der Waals surface area contributed by atoms with E-state index in [9.17, 15) is 9.59 Å². The first kappa shape index (κ1) is 19.0. The number of benzene rings is 2. The fourth-order valence-corrected chi connectivity index (χ4v) is 2.50. The van der Waals surface area contributed by atoms with Crippen LogP contribution in [-0.2, 0) is 9.53 Å². The molecule has 2 aromatic carbocycles. The van der Waals surface area contributed by atoms with Crippen molar-refractivity contribution in [3.8, 4) is 5.75 Å². The first-order chi connectivity index (χ1) is 11.9. The topological polar surface area (TPSA) is 64.6 Å². The van der Waals surface area contributed by atoms with Gasteiger partial charge in [-0.2, -0.15) is 0 Å². The minimum Gasteiger partial charge on any atom is -0.490 e. The van der Waals surface area contributed by atoms with Crippen molar-refractivity contribution in [3.05, 3.63) is 63.6 Å². The molecule has 0 heterocycles. The van der Waals surface area contributed by atoms with Gasteiger partial charge in [0.05, 0.1) is 0 Å². The highest BCUT2D eigenvalue weighted by Gasteiger charge is 2.09. The number of nitrogens with one attached hydrogen (secondary N) is 1. The monoisotopic (exact) mass is 405 g/mol. The molecule has 0 unspecified atom stereocenters. The van der Waals surface area contributed by atoms with Crippen LogP contribution in [0.25, 0.3) is 0 Å². The summed E-state index contributed by atoms with van der Waals surface area (Å²) in [6, 6.07) is 12.8. The van der Waals surface area contributed by atoms with Crippen LogP contribution < -0.4 is 10.1 Å². The molecule has 5 nitrogen and oxygen atoms in total. The first-order valence-corrected chi connectivity index (χ1v) is 8.64. The van der Waals surface area contributed by atoms with Gasteiger partial charge in [0, 0.05) is 10.0 Å². The third-order valence-electron chi connectivity index (χ3n) is 3.31. The molecule has 1 N–H and O–H groups in total. The van der Waals surface area contributed by atoms with Gasteiger partial charge in [-0.15, -0.1) is 0 Å². The molecule has 0 saturated heterocycles. The number of aryl methyl sites for hydroxylation is 2. The van der Waals surface area contributed by atoms with Crippen molar-refractivity contribution in [3.63, 3.8) is 0 Å². The fraction of sp³-hybridized carbons (Fsp3) is 0.263. The van der Waals surface area contributed by atoms with E-state index in [1.165, 1.54) is 0 Å². The molecular weight excluding hydrogens is 386 g/mol. The molecule has 1 amide bonds. The molecule has 0 aliphatic heterocycles. The number of halogens is 1. The van der Waals surface area contributed by atoms with Gasteiger partial charge in [0.1, 0.15) is 25.5 Å². The van der Waals surface area contributed by atoms with Crippen molar-refractivity contribution in [2.45, 2.75) is 13.8 Å². The Hall–Kier alpha value is -2.34. The van der Waals surface area contributed by atoms with Gasteiger partial charge in [-0.3, -0.25) is 9.59 Å². The molecule has 2 rings (SSSR count). The summed E-state index contributed by atoms with van der Waals surface area (Å²) >= 11 is 3.30. The van der Waals surface area contributed by atoms with Crippen molar-refractivity contribution >= 4 is 27.8 Å². The maximum Gasteiger partial charge on any atom is 0.325 e. The van der Waals surface area contributed by atoms with Gasteiger partial charge < -0.3 is 14.8 Å². The minimum atomic E-state index is -0.505. The van der Waals surface area contributed by atoms with E-state index in [1.54, 1.807) is 24.3 Å². The van der Waals surface area contributed by atoms with Crippen molar-refractivity contribution < 1.29 is 19.1 Å². The number of rotatable bonds is 7. The number of amides is 1. The van der Waals surface area contributed by atoms with E-state index in [4.69, 9.17) is 9.47 Å². The van der Waals surface area contributed by atoms with Crippen molar-refractivity contribution in [2.24, 2.45) is 0 Å². The molecule has 0 atom stereocenters. The van der Waals surface area contributed by atoms with E-state index in [1.807, 2.05) is 26.0 Å². The molecule has 0 saturated carbocycles. The van der Waals surface area contributed by atoms with Crippen molar-refractivity contribution in [2.75, 3.05) is 19.8 Å². The Morgan fingerprint density at radius 3 is 2.28 bits per heavy atom. The maximum absolute atomic E-state index is 11.9. The van der Waals surface area contributed by atoms with Crippen molar-refractivity contribution in [1.82, 2.24) is 5.32 Å². The number of ether oxygens (including phenoxy) is 2. The second-order valence-electron chi connectivity index (χ2n) is 5.58. The summed E-state index contributed by atoms with van der Waals surface area (Å²) in [4.78, 5) is 23.5. The Morgan fingerprint density at radius 1 is 1.00 bits per heavy atom. The number of carbonyl (C=O) groups is 2. The molecule has 0 bridgehead atoms. The van der Waals surface area contributed by atoms with Crippen LogP contribution in [0.3, 0.4) is 0 Å². The summed E-state index contributed by atoms with van der Waals surface area (Å²) in [5.74, 6) is -0.0810. The molecule has 25 heavy (non-hydrogen) atoms. The molecular formula is C19H20BrNO4. The highest BCUT2D eigenvalue weighted by Crippen LogP contribution is 2.16. The van der Waals surface area contributed by atoms with Gasteiger partial charge in [-0.1, -0.05) is 22.0 Å². The molecule has 0 radical (unpaired) electrons. The fourth-order valence-electron chi connectivity index (χ4n) is 2.24. The second-order valence-corrected chi connectivity index (χ2v) is 6.50. The number of hydrogen-bond donors (Lipinski definition) is 1. The zero-order valence-corrected chi connectivity index (χ0v) is 15.8. The van der Waals surface area contributed by atoms with E-state index in [0.29, 0.717) is 5.56 Å². The average molecular weight is 406 g/mol. The van der Waals surface area contributed by atoms with Gasteiger partial charge in [-0.25, -0.2) is 0 Å². The Morgan fingerprint density at radius 2 is 1.64 bits per heavy atom. The SMILES string of the molecule is Cc1cc(C)cc(OCCOC(=O)CNC(=O)c2ccc(Br)cc2)c1.